The third-order valence-corrected chi connectivity index (χ3v) is 3.53. The number of hydrogen-bond donors (Lipinski definition) is 0. The van der Waals surface area contributed by atoms with Gasteiger partial charge in [-0.3, -0.25) is 10.1 Å². The van der Waals surface area contributed by atoms with Crippen molar-refractivity contribution in [3.63, 3.8) is 0 Å². The molecule has 0 atom stereocenters. The van der Waals surface area contributed by atoms with Crippen molar-refractivity contribution in [2.75, 3.05) is 0 Å². The number of rotatable bonds is 3. The number of aromatic nitrogens is 2. The van der Waals surface area contributed by atoms with Gasteiger partial charge in [-0.15, -0.1) is 0 Å². The Kier molecular flexibility index (Phi) is 3.93. The van der Waals surface area contributed by atoms with Gasteiger partial charge in [0.05, 0.1) is 9.82 Å². The first-order chi connectivity index (χ1) is 8.56. The van der Waals surface area contributed by atoms with Gasteiger partial charge in [-0.1, -0.05) is 15.9 Å². The number of nitrogens with zero attached hydrogens (tertiary/aromatic N) is 3. The second kappa shape index (κ2) is 5.45. The smallest absolute Gasteiger partial charge is 0.258 e. The summed E-state index contributed by atoms with van der Waals surface area (Å²) in [5.74, 6) is 0. The maximum atomic E-state index is 11.0. The average Bonchev–Trinajstić information content (AvgIpc) is 2.31. The fourth-order valence-electron chi connectivity index (χ4n) is 1.29. The molecule has 0 N–H and O–H groups in total. The van der Waals surface area contributed by atoms with Gasteiger partial charge in [0.15, 0.2) is 5.16 Å². The predicted octanol–water partition coefficient (Wildman–Crippen LogP) is 3.61. The van der Waals surface area contributed by atoms with Crippen LogP contribution >= 0.6 is 27.7 Å². The second-order valence-corrected chi connectivity index (χ2v) is 5.38. The third kappa shape index (κ3) is 3.05. The number of nitro groups is 1. The number of halogens is 1. The molecule has 0 spiro atoms. The Hall–Kier alpha value is -1.47. The van der Waals surface area contributed by atoms with Gasteiger partial charge >= 0.3 is 0 Å². The quantitative estimate of drug-likeness (QED) is 0.490. The van der Waals surface area contributed by atoms with Crippen LogP contribution in [0, 0.1) is 17.0 Å². The van der Waals surface area contributed by atoms with Crippen molar-refractivity contribution < 1.29 is 4.92 Å². The molecule has 1 aromatic carbocycles. The highest BCUT2D eigenvalue weighted by Crippen LogP contribution is 2.34. The van der Waals surface area contributed by atoms with Gasteiger partial charge in [-0.25, -0.2) is 9.97 Å². The molecule has 0 saturated carbocycles. The molecule has 2 rings (SSSR count). The maximum Gasteiger partial charge on any atom is 0.284 e. The highest BCUT2D eigenvalue weighted by molar-refractivity contribution is 9.10. The standard InChI is InChI=1S/C11H8BrN3O2S/c1-7-4-5-13-11(14-7)18-10-3-2-8(12)6-9(10)15(16)17/h2-6H,1H3. The van der Waals surface area contributed by atoms with Crippen LogP contribution in [0.4, 0.5) is 5.69 Å². The van der Waals surface area contributed by atoms with E-state index in [1.807, 2.05) is 6.92 Å². The minimum Gasteiger partial charge on any atom is -0.258 e. The van der Waals surface area contributed by atoms with Crippen molar-refractivity contribution in [2.45, 2.75) is 17.0 Å². The van der Waals surface area contributed by atoms with Crippen molar-refractivity contribution >= 4 is 33.4 Å². The van der Waals surface area contributed by atoms with E-state index < -0.39 is 4.92 Å². The summed E-state index contributed by atoms with van der Waals surface area (Å²) in [7, 11) is 0. The summed E-state index contributed by atoms with van der Waals surface area (Å²) in [6.45, 7) is 1.85. The van der Waals surface area contributed by atoms with Crippen molar-refractivity contribution in [1.82, 2.24) is 9.97 Å². The molecule has 7 heteroatoms. The predicted molar refractivity (Wildman–Crippen MR) is 71.7 cm³/mol. The minimum absolute atomic E-state index is 0.0412. The molecular weight excluding hydrogens is 318 g/mol. The highest BCUT2D eigenvalue weighted by atomic mass is 79.9. The van der Waals surface area contributed by atoms with Gasteiger partial charge in [0, 0.05) is 22.4 Å². The number of benzene rings is 1. The Balaban J connectivity index is 2.37. The summed E-state index contributed by atoms with van der Waals surface area (Å²) in [4.78, 5) is 19.4. The van der Waals surface area contributed by atoms with E-state index in [4.69, 9.17) is 0 Å². The van der Waals surface area contributed by atoms with E-state index in [1.165, 1.54) is 17.8 Å². The van der Waals surface area contributed by atoms with Crippen LogP contribution in [0.2, 0.25) is 0 Å². The van der Waals surface area contributed by atoms with E-state index in [0.717, 1.165) is 5.69 Å². The lowest BCUT2D eigenvalue weighted by Crippen LogP contribution is -1.93. The van der Waals surface area contributed by atoms with Crippen LogP contribution in [0.5, 0.6) is 0 Å². The first kappa shape index (κ1) is 13.0. The molecule has 5 nitrogen and oxygen atoms in total. The fourth-order valence-corrected chi connectivity index (χ4v) is 2.52. The van der Waals surface area contributed by atoms with Crippen LogP contribution in [0.3, 0.4) is 0 Å². The van der Waals surface area contributed by atoms with Crippen molar-refractivity contribution in [2.24, 2.45) is 0 Å². The summed E-state index contributed by atoms with van der Waals surface area (Å²) in [6, 6.07) is 6.68. The van der Waals surface area contributed by atoms with Crippen LogP contribution in [-0.4, -0.2) is 14.9 Å². The molecule has 0 fully saturated rings. The van der Waals surface area contributed by atoms with E-state index in [1.54, 1.807) is 24.4 Å². The molecule has 0 aliphatic rings. The molecule has 0 amide bonds. The summed E-state index contributed by atoms with van der Waals surface area (Å²) < 4.78 is 0.670. The maximum absolute atomic E-state index is 11.0. The number of hydrogen-bond acceptors (Lipinski definition) is 5. The highest BCUT2D eigenvalue weighted by Gasteiger charge is 2.16. The Morgan fingerprint density at radius 3 is 2.83 bits per heavy atom. The molecule has 0 bridgehead atoms. The van der Waals surface area contributed by atoms with Gasteiger partial charge in [0.2, 0.25) is 0 Å². The van der Waals surface area contributed by atoms with Crippen molar-refractivity contribution in [1.29, 1.82) is 0 Å². The van der Waals surface area contributed by atoms with Crippen molar-refractivity contribution in [3.8, 4) is 0 Å². The Bertz CT molecular complexity index is 607. The van der Waals surface area contributed by atoms with E-state index in [9.17, 15) is 10.1 Å². The van der Waals surface area contributed by atoms with Crippen LogP contribution in [0.15, 0.2) is 45.0 Å². The average molecular weight is 326 g/mol. The normalized spacial score (nSPS) is 10.3. The summed E-state index contributed by atoms with van der Waals surface area (Å²) in [5.41, 5.74) is 0.867. The number of aryl methyl sites for hydroxylation is 1. The SMILES string of the molecule is Cc1ccnc(Sc2ccc(Br)cc2[N+](=O)[O-])n1. The topological polar surface area (TPSA) is 68.9 Å². The molecule has 0 aliphatic heterocycles. The molecule has 0 radical (unpaired) electrons. The van der Waals surface area contributed by atoms with Crippen LogP contribution in [-0.2, 0) is 0 Å². The zero-order chi connectivity index (χ0) is 13.1. The molecule has 1 heterocycles. The van der Waals surface area contributed by atoms with E-state index >= 15 is 0 Å². The Morgan fingerprint density at radius 1 is 1.39 bits per heavy atom. The molecular formula is C11H8BrN3O2S. The van der Waals surface area contributed by atoms with E-state index in [2.05, 4.69) is 25.9 Å². The van der Waals surface area contributed by atoms with Gasteiger partial charge in [-0.2, -0.15) is 0 Å². The monoisotopic (exact) mass is 325 g/mol. The van der Waals surface area contributed by atoms with E-state index in [-0.39, 0.29) is 5.69 Å². The first-order valence-corrected chi connectivity index (χ1v) is 6.58. The largest absolute Gasteiger partial charge is 0.284 e. The molecule has 92 valence electrons. The fraction of sp³-hybridized carbons (Fsp3) is 0.0909. The van der Waals surface area contributed by atoms with Gasteiger partial charge in [0.25, 0.3) is 5.69 Å². The zero-order valence-electron chi connectivity index (χ0n) is 9.33. The third-order valence-electron chi connectivity index (χ3n) is 2.09. The first-order valence-electron chi connectivity index (χ1n) is 4.98. The lowest BCUT2D eigenvalue weighted by molar-refractivity contribution is -0.387. The molecule has 2 aromatic rings. The summed E-state index contributed by atoms with van der Waals surface area (Å²) >= 11 is 4.40. The van der Waals surface area contributed by atoms with Gasteiger partial charge in [-0.05, 0) is 36.9 Å². The van der Waals surface area contributed by atoms with E-state index in [0.29, 0.717) is 14.5 Å². The second-order valence-electron chi connectivity index (χ2n) is 3.45. The van der Waals surface area contributed by atoms with Crippen LogP contribution < -0.4 is 0 Å². The van der Waals surface area contributed by atoms with Gasteiger partial charge < -0.3 is 0 Å². The molecule has 0 saturated heterocycles. The Morgan fingerprint density at radius 2 is 2.17 bits per heavy atom. The minimum atomic E-state index is -0.414. The molecule has 0 unspecified atom stereocenters. The lowest BCUT2D eigenvalue weighted by atomic mass is 10.3. The van der Waals surface area contributed by atoms with Gasteiger partial charge in [0.1, 0.15) is 0 Å². The molecule has 18 heavy (non-hydrogen) atoms. The van der Waals surface area contributed by atoms with Crippen molar-refractivity contribution in [3.05, 3.63) is 50.7 Å². The van der Waals surface area contributed by atoms with Crippen LogP contribution in [0.1, 0.15) is 5.69 Å². The summed E-state index contributed by atoms with van der Waals surface area (Å²) in [6.07, 6.45) is 1.63. The lowest BCUT2D eigenvalue weighted by Gasteiger charge is -2.02. The Labute approximate surface area is 116 Å². The molecule has 0 aliphatic carbocycles. The number of nitro benzene ring substituents is 1. The summed E-state index contributed by atoms with van der Waals surface area (Å²) in [5, 5.41) is 11.5. The zero-order valence-corrected chi connectivity index (χ0v) is 11.7. The van der Waals surface area contributed by atoms with Crippen LogP contribution in [0.25, 0.3) is 0 Å². The molecule has 1 aromatic heterocycles.